The maximum Gasteiger partial charge on any atom is 0.406 e. The van der Waals surface area contributed by atoms with Crippen molar-refractivity contribution in [2.24, 2.45) is 5.92 Å². The van der Waals surface area contributed by atoms with E-state index in [0.717, 1.165) is 38.6 Å². The number of carbonyl (C=O) groups excluding carboxylic acids is 1. The first-order chi connectivity index (χ1) is 14.2. The van der Waals surface area contributed by atoms with Crippen LogP contribution in [0, 0.1) is 12.8 Å². The van der Waals surface area contributed by atoms with E-state index in [1.54, 1.807) is 10.6 Å². The number of aromatic nitrogens is 4. The van der Waals surface area contributed by atoms with Crippen molar-refractivity contribution in [3.8, 4) is 0 Å². The Balaban J connectivity index is 1.56. The fraction of sp³-hybridized carbons (Fsp3) is 0.700. The van der Waals surface area contributed by atoms with Gasteiger partial charge in [0.2, 0.25) is 11.9 Å². The lowest BCUT2D eigenvalue weighted by Gasteiger charge is -2.39. The van der Waals surface area contributed by atoms with E-state index in [4.69, 9.17) is 0 Å². The van der Waals surface area contributed by atoms with Crippen LogP contribution in [0.15, 0.2) is 6.07 Å². The van der Waals surface area contributed by atoms with Gasteiger partial charge < -0.3 is 15.0 Å². The van der Waals surface area contributed by atoms with Gasteiger partial charge >= 0.3 is 6.09 Å². The Hall–Kier alpha value is -2.52. The summed E-state index contributed by atoms with van der Waals surface area (Å²) >= 11 is 0. The molecule has 8 nitrogen and oxygen atoms in total. The third-order valence-electron chi connectivity index (χ3n) is 6.07. The van der Waals surface area contributed by atoms with E-state index in [2.05, 4.69) is 30.0 Å². The van der Waals surface area contributed by atoms with E-state index in [1.807, 2.05) is 6.92 Å². The molecule has 2 aromatic heterocycles. The molecule has 1 unspecified atom stereocenters. The minimum Gasteiger partial charge on any atom is -0.453 e. The molecule has 1 N–H and O–H groups in total. The highest BCUT2D eigenvalue weighted by atomic mass is 19.3. The number of ether oxygens (including phenoxy) is 1. The average Bonchev–Trinajstić information content (AvgIpc) is 3.21. The van der Waals surface area contributed by atoms with Gasteiger partial charge in [-0.15, -0.1) is 0 Å². The SMILES string of the molecule is COC(=O)NCC1C[C@H]2CC[C@@H](C1)N2c1nc(C)nc2cc(CCC(C)(F)F)nn12. The summed E-state index contributed by atoms with van der Waals surface area (Å²) < 4.78 is 32.9. The Morgan fingerprint density at radius 3 is 2.63 bits per heavy atom. The summed E-state index contributed by atoms with van der Waals surface area (Å²) in [7, 11) is 1.37. The molecule has 0 aromatic carbocycles. The van der Waals surface area contributed by atoms with Crippen LogP contribution in [-0.4, -0.2) is 57.3 Å². The molecule has 30 heavy (non-hydrogen) atoms. The van der Waals surface area contributed by atoms with Crippen molar-refractivity contribution >= 4 is 17.7 Å². The van der Waals surface area contributed by atoms with Crippen molar-refractivity contribution in [3.63, 3.8) is 0 Å². The standard InChI is InChI=1S/C20H28F2N6O2/c1-12-24-17-10-14(6-7-20(2,21)22)26-28(17)18(25-12)27-15-4-5-16(27)9-13(8-15)11-23-19(29)30-3/h10,13,15-16H,4-9,11H2,1-3H3,(H,23,29)/t13?,15-,16+. The van der Waals surface area contributed by atoms with Crippen LogP contribution in [0.3, 0.4) is 0 Å². The summed E-state index contributed by atoms with van der Waals surface area (Å²) in [4.78, 5) is 22.9. The zero-order valence-corrected chi connectivity index (χ0v) is 17.6. The molecule has 10 heteroatoms. The van der Waals surface area contributed by atoms with Crippen LogP contribution in [0.5, 0.6) is 0 Å². The fourth-order valence-corrected chi connectivity index (χ4v) is 4.75. The zero-order chi connectivity index (χ0) is 21.5. The quantitative estimate of drug-likeness (QED) is 0.770. The molecule has 2 aliphatic heterocycles. The molecule has 0 aliphatic carbocycles. The number of amides is 1. The van der Waals surface area contributed by atoms with Gasteiger partial charge in [-0.25, -0.2) is 18.6 Å². The number of fused-ring (bicyclic) bond motifs is 3. The second-order valence-electron chi connectivity index (χ2n) is 8.55. The van der Waals surface area contributed by atoms with Gasteiger partial charge in [0.25, 0.3) is 0 Å². The first kappa shape index (κ1) is 20.7. The number of nitrogens with zero attached hydrogens (tertiary/aromatic N) is 5. The van der Waals surface area contributed by atoms with Crippen LogP contribution in [0.25, 0.3) is 5.65 Å². The highest BCUT2D eigenvalue weighted by Gasteiger charge is 2.42. The third kappa shape index (κ3) is 4.32. The molecule has 1 amide bonds. The number of hydrogen-bond donors (Lipinski definition) is 1. The summed E-state index contributed by atoms with van der Waals surface area (Å²) in [6.45, 7) is 3.36. The summed E-state index contributed by atoms with van der Waals surface area (Å²) in [6.07, 6.45) is 3.55. The van der Waals surface area contributed by atoms with Gasteiger partial charge in [-0.05, 0) is 51.9 Å². The Kier molecular flexibility index (Phi) is 5.50. The van der Waals surface area contributed by atoms with E-state index >= 15 is 0 Å². The number of aryl methyl sites for hydroxylation is 2. The second-order valence-corrected chi connectivity index (χ2v) is 8.55. The molecule has 2 saturated heterocycles. The van der Waals surface area contributed by atoms with Crippen LogP contribution in [0.2, 0.25) is 0 Å². The Labute approximate surface area is 174 Å². The lowest BCUT2D eigenvalue weighted by Crippen LogP contribution is -2.47. The summed E-state index contributed by atoms with van der Waals surface area (Å²) in [5.41, 5.74) is 1.24. The van der Waals surface area contributed by atoms with Gasteiger partial charge in [-0.2, -0.15) is 14.6 Å². The molecular formula is C20H28F2N6O2. The van der Waals surface area contributed by atoms with E-state index in [0.29, 0.717) is 41.7 Å². The van der Waals surface area contributed by atoms with Crippen molar-refractivity contribution in [2.45, 2.75) is 70.4 Å². The molecule has 0 spiro atoms. The highest BCUT2D eigenvalue weighted by molar-refractivity contribution is 5.66. The number of rotatable bonds is 6. The molecule has 2 aliphatic rings. The number of methoxy groups -OCH3 is 1. The molecule has 4 heterocycles. The van der Waals surface area contributed by atoms with Crippen LogP contribution < -0.4 is 10.2 Å². The van der Waals surface area contributed by atoms with Gasteiger partial charge in [-0.3, -0.25) is 0 Å². The van der Waals surface area contributed by atoms with Crippen molar-refractivity contribution < 1.29 is 18.3 Å². The molecule has 0 saturated carbocycles. The van der Waals surface area contributed by atoms with E-state index in [-0.39, 0.29) is 12.8 Å². The fourth-order valence-electron chi connectivity index (χ4n) is 4.75. The maximum absolute atomic E-state index is 13.3. The third-order valence-corrected chi connectivity index (χ3v) is 6.07. The molecule has 164 valence electrons. The summed E-state index contributed by atoms with van der Waals surface area (Å²) in [5.74, 6) is -0.965. The van der Waals surface area contributed by atoms with Crippen molar-refractivity contribution in [3.05, 3.63) is 17.6 Å². The Morgan fingerprint density at radius 2 is 2.00 bits per heavy atom. The average molecular weight is 422 g/mol. The first-order valence-corrected chi connectivity index (χ1v) is 10.4. The van der Waals surface area contributed by atoms with Crippen molar-refractivity contribution in [1.29, 1.82) is 0 Å². The molecule has 0 radical (unpaired) electrons. The van der Waals surface area contributed by atoms with Crippen molar-refractivity contribution in [2.75, 3.05) is 18.6 Å². The zero-order valence-electron chi connectivity index (χ0n) is 17.6. The van der Waals surface area contributed by atoms with E-state index < -0.39 is 12.0 Å². The number of alkyl halides is 2. The normalized spacial score (nSPS) is 23.8. The smallest absolute Gasteiger partial charge is 0.406 e. The summed E-state index contributed by atoms with van der Waals surface area (Å²) in [5, 5.41) is 7.37. The van der Waals surface area contributed by atoms with Gasteiger partial charge in [0.1, 0.15) is 5.82 Å². The molecule has 2 fully saturated rings. The van der Waals surface area contributed by atoms with E-state index in [1.165, 1.54) is 7.11 Å². The molecule has 4 rings (SSSR count). The number of nitrogens with one attached hydrogen (secondary N) is 1. The van der Waals surface area contributed by atoms with Crippen LogP contribution in [-0.2, 0) is 11.2 Å². The lowest BCUT2D eigenvalue weighted by molar-refractivity contribution is 0.0130. The number of carbonyl (C=O) groups is 1. The number of hydrogen-bond acceptors (Lipinski definition) is 6. The predicted molar refractivity (Wildman–Crippen MR) is 107 cm³/mol. The number of anilines is 1. The van der Waals surface area contributed by atoms with E-state index in [9.17, 15) is 13.6 Å². The number of alkyl carbamates (subject to hydrolysis) is 1. The Bertz CT molecular complexity index is 914. The largest absolute Gasteiger partial charge is 0.453 e. The number of halogens is 2. The minimum atomic E-state index is -2.72. The minimum absolute atomic E-state index is 0.194. The molecule has 3 atom stereocenters. The topological polar surface area (TPSA) is 84.6 Å². The molecule has 2 bridgehead atoms. The van der Waals surface area contributed by atoms with Gasteiger partial charge in [0.05, 0.1) is 12.8 Å². The number of piperidine rings is 1. The predicted octanol–water partition coefficient (Wildman–Crippen LogP) is 3.12. The van der Waals surface area contributed by atoms with Gasteiger partial charge in [-0.1, -0.05) is 0 Å². The van der Waals surface area contributed by atoms with Crippen LogP contribution in [0.4, 0.5) is 19.5 Å². The maximum atomic E-state index is 13.3. The van der Waals surface area contributed by atoms with Gasteiger partial charge in [0.15, 0.2) is 5.65 Å². The van der Waals surface area contributed by atoms with Crippen molar-refractivity contribution in [1.82, 2.24) is 24.9 Å². The monoisotopic (exact) mass is 422 g/mol. The summed E-state index contributed by atoms with van der Waals surface area (Å²) in [6, 6.07) is 2.38. The Morgan fingerprint density at radius 1 is 1.30 bits per heavy atom. The van der Waals surface area contributed by atoms with Crippen LogP contribution in [0.1, 0.15) is 50.5 Å². The van der Waals surface area contributed by atoms with Crippen LogP contribution >= 0.6 is 0 Å². The molecular weight excluding hydrogens is 394 g/mol. The molecule has 2 aromatic rings. The highest BCUT2D eigenvalue weighted by Crippen LogP contribution is 2.41. The lowest BCUT2D eigenvalue weighted by atomic mass is 9.91. The second kappa shape index (κ2) is 7.96. The van der Waals surface area contributed by atoms with Gasteiger partial charge in [0, 0.05) is 31.1 Å². The first-order valence-electron chi connectivity index (χ1n) is 10.4.